The summed E-state index contributed by atoms with van der Waals surface area (Å²) in [6, 6.07) is 8.62. The van der Waals surface area contributed by atoms with Gasteiger partial charge in [0.05, 0.1) is 12.0 Å². The molecule has 1 aromatic carbocycles. The maximum atomic E-state index is 12.5. The molecule has 6 nitrogen and oxygen atoms in total. The van der Waals surface area contributed by atoms with Crippen molar-refractivity contribution >= 4 is 17.6 Å². The smallest absolute Gasteiger partial charge is 0.243 e. The molecule has 0 aliphatic heterocycles. The van der Waals surface area contributed by atoms with Crippen LogP contribution in [-0.4, -0.2) is 23.7 Å². The second-order valence-electron chi connectivity index (χ2n) is 8.84. The minimum Gasteiger partial charge on any atom is -0.387 e. The van der Waals surface area contributed by atoms with Crippen molar-refractivity contribution in [2.45, 2.75) is 103 Å². The Balaban J connectivity index is 2.20. The summed E-state index contributed by atoms with van der Waals surface area (Å²) in [7, 11) is 0. The molecule has 0 saturated carbocycles. The number of imide groups is 1. The van der Waals surface area contributed by atoms with Gasteiger partial charge >= 0.3 is 0 Å². The van der Waals surface area contributed by atoms with Crippen molar-refractivity contribution in [3.05, 3.63) is 35.9 Å². The average Bonchev–Trinajstić information content (AvgIpc) is 2.77. The van der Waals surface area contributed by atoms with Gasteiger partial charge in [0, 0.05) is 0 Å². The summed E-state index contributed by atoms with van der Waals surface area (Å²) in [5.74, 6) is -2.02. The largest absolute Gasteiger partial charge is 0.387 e. The normalized spacial score (nSPS) is 12.8. The SMILES string of the molecule is CCCCCCCCCCCCCCC(C(=N)N)C(=O)NC(=O)[C@@H](N)Cc1ccccc1. The van der Waals surface area contributed by atoms with Crippen LogP contribution in [0.1, 0.15) is 96.0 Å². The highest BCUT2D eigenvalue weighted by atomic mass is 16.2. The van der Waals surface area contributed by atoms with Crippen LogP contribution in [0.25, 0.3) is 0 Å². The molecule has 2 amide bonds. The van der Waals surface area contributed by atoms with Gasteiger partial charge in [0.1, 0.15) is 5.84 Å². The zero-order chi connectivity index (χ0) is 23.6. The maximum absolute atomic E-state index is 12.5. The summed E-state index contributed by atoms with van der Waals surface area (Å²) in [6.07, 6.45) is 15.6. The van der Waals surface area contributed by atoms with Gasteiger partial charge in [-0.2, -0.15) is 0 Å². The van der Waals surface area contributed by atoms with Crippen molar-refractivity contribution in [2.75, 3.05) is 0 Å². The van der Waals surface area contributed by atoms with Gasteiger partial charge in [-0.15, -0.1) is 0 Å². The Morgan fingerprint density at radius 1 is 0.844 bits per heavy atom. The monoisotopic (exact) mass is 444 g/mol. The fourth-order valence-electron chi connectivity index (χ4n) is 3.88. The lowest BCUT2D eigenvalue weighted by Crippen LogP contribution is -2.48. The van der Waals surface area contributed by atoms with Gasteiger partial charge in [0.25, 0.3) is 0 Å². The lowest BCUT2D eigenvalue weighted by molar-refractivity contribution is -0.132. The standard InChI is InChI=1S/C26H44N4O2/c1-2-3-4-5-6-7-8-9-10-11-12-16-19-22(24(28)29)25(31)30-26(32)23(27)20-21-17-14-13-15-18-21/h13-15,17-18,22-23H,2-12,16,19-20,27H2,1H3,(H3,28,29)(H,30,31,32)/t22?,23-/m0/s1. The van der Waals surface area contributed by atoms with Crippen LogP contribution < -0.4 is 16.8 Å². The molecule has 0 saturated heterocycles. The lowest BCUT2D eigenvalue weighted by atomic mass is 9.97. The molecule has 6 N–H and O–H groups in total. The van der Waals surface area contributed by atoms with Gasteiger partial charge < -0.3 is 11.5 Å². The van der Waals surface area contributed by atoms with Crippen LogP contribution in [0.3, 0.4) is 0 Å². The van der Waals surface area contributed by atoms with E-state index in [0.717, 1.165) is 24.8 Å². The number of carbonyl (C=O) groups is 2. The topological polar surface area (TPSA) is 122 Å². The number of benzene rings is 1. The molecule has 1 unspecified atom stereocenters. The van der Waals surface area contributed by atoms with Gasteiger partial charge in [-0.05, 0) is 18.4 Å². The first-order chi connectivity index (χ1) is 15.5. The van der Waals surface area contributed by atoms with Crippen LogP contribution in [0.15, 0.2) is 30.3 Å². The van der Waals surface area contributed by atoms with Crippen LogP contribution >= 0.6 is 0 Å². The predicted octanol–water partition coefficient (Wildman–Crippen LogP) is 4.84. The van der Waals surface area contributed by atoms with E-state index in [-0.39, 0.29) is 5.84 Å². The van der Waals surface area contributed by atoms with Gasteiger partial charge in [-0.3, -0.25) is 20.3 Å². The van der Waals surface area contributed by atoms with Crippen LogP contribution in [0.2, 0.25) is 0 Å². The third-order valence-electron chi connectivity index (χ3n) is 5.92. The van der Waals surface area contributed by atoms with E-state index < -0.39 is 23.8 Å². The van der Waals surface area contributed by atoms with Crippen LogP contribution in [0.4, 0.5) is 0 Å². The van der Waals surface area contributed by atoms with Crippen molar-refractivity contribution in [1.82, 2.24) is 5.32 Å². The average molecular weight is 445 g/mol. The molecule has 180 valence electrons. The number of amides is 2. The van der Waals surface area contributed by atoms with Crippen molar-refractivity contribution < 1.29 is 9.59 Å². The van der Waals surface area contributed by atoms with Crippen molar-refractivity contribution in [2.24, 2.45) is 17.4 Å². The number of rotatable bonds is 18. The third kappa shape index (κ3) is 12.6. The number of hydrogen-bond donors (Lipinski definition) is 4. The Labute approximate surface area is 194 Å². The summed E-state index contributed by atoms with van der Waals surface area (Å²) >= 11 is 0. The molecule has 32 heavy (non-hydrogen) atoms. The Morgan fingerprint density at radius 3 is 1.84 bits per heavy atom. The number of nitrogens with two attached hydrogens (primary N) is 2. The summed E-state index contributed by atoms with van der Waals surface area (Å²) < 4.78 is 0. The highest BCUT2D eigenvalue weighted by Crippen LogP contribution is 2.15. The highest BCUT2D eigenvalue weighted by molar-refractivity contribution is 6.07. The fourth-order valence-corrected chi connectivity index (χ4v) is 3.88. The van der Waals surface area contributed by atoms with E-state index in [4.69, 9.17) is 16.9 Å². The van der Waals surface area contributed by atoms with E-state index in [9.17, 15) is 9.59 Å². The molecule has 0 heterocycles. The Bertz CT molecular complexity index is 663. The van der Waals surface area contributed by atoms with E-state index in [2.05, 4.69) is 12.2 Å². The van der Waals surface area contributed by atoms with Gasteiger partial charge in [-0.25, -0.2) is 0 Å². The van der Waals surface area contributed by atoms with Crippen LogP contribution in [0.5, 0.6) is 0 Å². The maximum Gasteiger partial charge on any atom is 0.243 e. The Hall–Kier alpha value is -2.21. The molecule has 0 bridgehead atoms. The molecule has 0 aliphatic rings. The molecule has 0 aliphatic carbocycles. The van der Waals surface area contributed by atoms with Crippen molar-refractivity contribution in [3.8, 4) is 0 Å². The van der Waals surface area contributed by atoms with E-state index in [1.807, 2.05) is 30.3 Å². The van der Waals surface area contributed by atoms with E-state index >= 15 is 0 Å². The summed E-state index contributed by atoms with van der Waals surface area (Å²) in [6.45, 7) is 2.24. The molecule has 6 heteroatoms. The molecule has 0 fully saturated rings. The fraction of sp³-hybridized carbons (Fsp3) is 0.654. The summed E-state index contributed by atoms with van der Waals surface area (Å²) in [4.78, 5) is 24.8. The second kappa shape index (κ2) is 17.4. The van der Waals surface area contributed by atoms with E-state index in [1.165, 1.54) is 57.8 Å². The van der Waals surface area contributed by atoms with Crippen LogP contribution in [0, 0.1) is 11.3 Å². The summed E-state index contributed by atoms with van der Waals surface area (Å²) in [5.41, 5.74) is 12.5. The number of amidine groups is 1. The number of nitrogens with one attached hydrogen (secondary N) is 2. The molecule has 2 atom stereocenters. The van der Waals surface area contributed by atoms with E-state index in [0.29, 0.717) is 12.8 Å². The zero-order valence-corrected chi connectivity index (χ0v) is 19.9. The number of carbonyl (C=O) groups excluding carboxylic acids is 2. The Kier molecular flexibility index (Phi) is 15.1. The molecular formula is C26H44N4O2. The molecular weight excluding hydrogens is 400 g/mol. The van der Waals surface area contributed by atoms with Crippen molar-refractivity contribution in [1.29, 1.82) is 5.41 Å². The lowest BCUT2D eigenvalue weighted by Gasteiger charge is -2.17. The summed E-state index contributed by atoms with van der Waals surface area (Å²) in [5, 5.41) is 10.1. The zero-order valence-electron chi connectivity index (χ0n) is 19.9. The predicted molar refractivity (Wildman–Crippen MR) is 132 cm³/mol. The van der Waals surface area contributed by atoms with Crippen molar-refractivity contribution in [3.63, 3.8) is 0 Å². The third-order valence-corrected chi connectivity index (χ3v) is 5.92. The Morgan fingerprint density at radius 2 is 1.34 bits per heavy atom. The number of hydrogen-bond acceptors (Lipinski definition) is 4. The number of unbranched alkanes of at least 4 members (excludes halogenated alkanes) is 11. The minimum atomic E-state index is -0.819. The molecule has 1 aromatic rings. The first kappa shape index (κ1) is 27.8. The van der Waals surface area contributed by atoms with Gasteiger partial charge in [-0.1, -0.05) is 114 Å². The molecule has 0 aromatic heterocycles. The second-order valence-corrected chi connectivity index (χ2v) is 8.84. The highest BCUT2D eigenvalue weighted by Gasteiger charge is 2.25. The van der Waals surface area contributed by atoms with Gasteiger partial charge in [0.15, 0.2) is 0 Å². The van der Waals surface area contributed by atoms with Crippen LogP contribution in [-0.2, 0) is 16.0 Å². The first-order valence-electron chi connectivity index (χ1n) is 12.4. The minimum absolute atomic E-state index is 0.199. The van der Waals surface area contributed by atoms with Gasteiger partial charge in [0.2, 0.25) is 11.8 Å². The van der Waals surface area contributed by atoms with E-state index in [1.54, 1.807) is 0 Å². The molecule has 1 rings (SSSR count). The first-order valence-corrected chi connectivity index (χ1v) is 12.4. The molecule has 0 radical (unpaired) electrons. The molecule has 0 spiro atoms. The quantitative estimate of drug-likeness (QED) is 0.147.